The second kappa shape index (κ2) is 10.8. The van der Waals surface area contributed by atoms with Crippen LogP contribution in [0.3, 0.4) is 0 Å². The first-order valence-electron chi connectivity index (χ1n) is 13.7. The number of hydrogen-bond acceptors (Lipinski definition) is 5. The van der Waals surface area contributed by atoms with Crippen molar-refractivity contribution in [1.82, 2.24) is 10.2 Å². The van der Waals surface area contributed by atoms with Crippen LogP contribution < -0.4 is 5.32 Å². The van der Waals surface area contributed by atoms with Crippen molar-refractivity contribution >= 4 is 11.9 Å². The van der Waals surface area contributed by atoms with Gasteiger partial charge < -0.3 is 14.4 Å². The van der Waals surface area contributed by atoms with E-state index in [0.717, 1.165) is 30.2 Å². The van der Waals surface area contributed by atoms with Crippen molar-refractivity contribution in [3.8, 4) is 6.19 Å². The van der Waals surface area contributed by atoms with Crippen molar-refractivity contribution in [2.75, 3.05) is 19.7 Å². The molecular weight excluding hydrogens is 452 g/mol. The number of carbonyl (C=O) groups is 1. The molecule has 1 heterocycles. The maximum atomic E-state index is 12.5. The van der Waals surface area contributed by atoms with Crippen LogP contribution in [-0.2, 0) is 16.1 Å². The fourth-order valence-corrected chi connectivity index (χ4v) is 7.13. The van der Waals surface area contributed by atoms with Gasteiger partial charge in [0, 0.05) is 13.1 Å². The van der Waals surface area contributed by atoms with E-state index < -0.39 is 5.60 Å². The molecule has 0 aromatic heterocycles. The van der Waals surface area contributed by atoms with Crippen molar-refractivity contribution < 1.29 is 14.3 Å². The van der Waals surface area contributed by atoms with Crippen LogP contribution in [0.1, 0.15) is 64.4 Å². The predicted octanol–water partition coefficient (Wildman–Crippen LogP) is 5.12. The maximum Gasteiger partial charge on any atom is 0.410 e. The van der Waals surface area contributed by atoms with Crippen LogP contribution in [0.4, 0.5) is 4.79 Å². The Kier molecular flexibility index (Phi) is 7.52. The third-order valence-corrected chi connectivity index (χ3v) is 8.96. The standard InChI is InChI=1S/C29H40N4O3/c1-29(2,27(31-19-30)32-26-24-13-22-12-23(15-24)16-25(26)14-22)36-18-21-8-10-33(11-9-21)28(34)35-17-20-6-4-3-5-7-20/h3-7,21-26H,8-18H2,1-2H3,(H,31,32). The first-order chi connectivity index (χ1) is 17.4. The summed E-state index contributed by atoms with van der Waals surface area (Å²) in [6.45, 7) is 6.27. The fraction of sp³-hybridized carbons (Fsp3) is 0.690. The minimum Gasteiger partial charge on any atom is -0.445 e. The number of amides is 1. The van der Waals surface area contributed by atoms with E-state index in [0.29, 0.717) is 55.9 Å². The van der Waals surface area contributed by atoms with E-state index in [4.69, 9.17) is 14.5 Å². The fourth-order valence-electron chi connectivity index (χ4n) is 7.13. The summed E-state index contributed by atoms with van der Waals surface area (Å²) in [6.07, 6.45) is 10.2. The van der Waals surface area contributed by atoms with Crippen LogP contribution >= 0.6 is 0 Å². The molecule has 4 saturated carbocycles. The Bertz CT molecular complexity index is 950. The van der Waals surface area contributed by atoms with Gasteiger partial charge in [0.1, 0.15) is 18.0 Å². The number of nitrogens with zero attached hydrogens (tertiary/aromatic N) is 3. The Morgan fingerprint density at radius 2 is 1.72 bits per heavy atom. The summed E-state index contributed by atoms with van der Waals surface area (Å²) in [5.74, 6) is 4.17. The third kappa shape index (κ3) is 5.70. The summed E-state index contributed by atoms with van der Waals surface area (Å²) in [6, 6.07) is 10.1. The van der Waals surface area contributed by atoms with Crippen molar-refractivity contribution in [2.45, 2.75) is 77.0 Å². The number of carbonyl (C=O) groups excluding carboxylic acids is 1. The van der Waals surface area contributed by atoms with Gasteiger partial charge >= 0.3 is 6.09 Å². The minimum absolute atomic E-state index is 0.248. The van der Waals surface area contributed by atoms with E-state index in [1.165, 1.54) is 32.1 Å². The van der Waals surface area contributed by atoms with Gasteiger partial charge in [-0.2, -0.15) is 5.26 Å². The second-order valence-corrected chi connectivity index (χ2v) is 11.9. The zero-order valence-electron chi connectivity index (χ0n) is 21.7. The van der Waals surface area contributed by atoms with Crippen molar-refractivity contribution in [3.63, 3.8) is 0 Å². The molecule has 6 rings (SSSR count). The summed E-state index contributed by atoms with van der Waals surface area (Å²) in [7, 11) is 0. The lowest BCUT2D eigenvalue weighted by Crippen LogP contribution is -2.50. The van der Waals surface area contributed by atoms with Gasteiger partial charge in [0.2, 0.25) is 0 Å². The van der Waals surface area contributed by atoms with Gasteiger partial charge in [-0.15, -0.1) is 0 Å². The Morgan fingerprint density at radius 3 is 2.33 bits per heavy atom. The van der Waals surface area contributed by atoms with Gasteiger partial charge in [-0.05, 0) is 93.9 Å². The quantitative estimate of drug-likeness (QED) is 0.247. The molecule has 1 amide bonds. The number of benzene rings is 1. The predicted molar refractivity (Wildman–Crippen MR) is 138 cm³/mol. The molecule has 7 nitrogen and oxygen atoms in total. The van der Waals surface area contributed by atoms with Crippen LogP contribution in [0.2, 0.25) is 0 Å². The summed E-state index contributed by atoms with van der Waals surface area (Å²) in [4.78, 5) is 19.4. The molecule has 36 heavy (non-hydrogen) atoms. The second-order valence-electron chi connectivity index (χ2n) is 11.9. The highest BCUT2D eigenvalue weighted by molar-refractivity contribution is 5.91. The van der Waals surface area contributed by atoms with Crippen LogP contribution in [-0.4, -0.2) is 48.2 Å². The lowest BCUT2D eigenvalue weighted by molar-refractivity contribution is -0.0106. The maximum absolute atomic E-state index is 12.5. The molecular formula is C29H40N4O3. The largest absolute Gasteiger partial charge is 0.445 e. The highest BCUT2D eigenvalue weighted by atomic mass is 16.6. The third-order valence-electron chi connectivity index (χ3n) is 8.96. The highest BCUT2D eigenvalue weighted by Crippen LogP contribution is 2.54. The molecule has 4 aliphatic carbocycles. The average Bonchev–Trinajstić information content (AvgIpc) is 2.88. The number of aliphatic imine (C=N–C) groups is 1. The average molecular weight is 493 g/mol. The number of hydrogen-bond donors (Lipinski definition) is 1. The summed E-state index contributed by atoms with van der Waals surface area (Å²) in [5.41, 5.74) is 0.337. The van der Waals surface area contributed by atoms with Crippen LogP contribution in [0, 0.1) is 41.0 Å². The van der Waals surface area contributed by atoms with Gasteiger partial charge in [0.25, 0.3) is 0 Å². The van der Waals surface area contributed by atoms with E-state index in [2.05, 4.69) is 11.5 Å². The first-order valence-corrected chi connectivity index (χ1v) is 13.7. The van der Waals surface area contributed by atoms with Crippen LogP contribution in [0.25, 0.3) is 0 Å². The zero-order chi connectivity index (χ0) is 25.1. The minimum atomic E-state index is -0.657. The molecule has 7 heteroatoms. The number of nitrogens with one attached hydrogen (secondary N) is 1. The molecule has 4 bridgehead atoms. The molecule has 1 aromatic carbocycles. The number of ether oxygens (including phenoxy) is 2. The molecule has 5 aliphatic rings. The Morgan fingerprint density at radius 1 is 1.08 bits per heavy atom. The lowest BCUT2D eigenvalue weighted by Gasteiger charge is -2.53. The van der Waals surface area contributed by atoms with Crippen LogP contribution in [0.15, 0.2) is 35.3 Å². The summed E-state index contributed by atoms with van der Waals surface area (Å²) >= 11 is 0. The van der Waals surface area contributed by atoms with E-state index in [1.54, 1.807) is 4.90 Å². The normalized spacial score (nSPS) is 30.2. The van der Waals surface area contributed by atoms with Crippen LogP contribution in [0.5, 0.6) is 0 Å². The van der Waals surface area contributed by atoms with E-state index in [1.807, 2.05) is 44.2 Å². The van der Waals surface area contributed by atoms with Crippen molar-refractivity contribution in [2.24, 2.45) is 34.6 Å². The topological polar surface area (TPSA) is 86.9 Å². The molecule has 194 valence electrons. The first kappa shape index (κ1) is 25.1. The van der Waals surface area contributed by atoms with Gasteiger partial charge in [0.05, 0.1) is 12.6 Å². The molecule has 0 unspecified atom stereocenters. The van der Waals surface area contributed by atoms with Crippen molar-refractivity contribution in [3.05, 3.63) is 35.9 Å². The Hall–Kier alpha value is -2.59. The summed E-state index contributed by atoms with van der Waals surface area (Å²) in [5, 5.41) is 12.3. The zero-order valence-corrected chi connectivity index (χ0v) is 21.7. The SMILES string of the molecule is CC(C)(OCC1CCN(C(=O)OCc2ccccc2)CC1)C(=NC1C2CC3CC(C2)CC1C3)NC#N. The molecule has 1 saturated heterocycles. The molecule has 0 atom stereocenters. The number of rotatable bonds is 7. The van der Waals surface area contributed by atoms with Gasteiger partial charge in [-0.3, -0.25) is 10.3 Å². The number of amidine groups is 1. The van der Waals surface area contributed by atoms with Gasteiger partial charge in [-0.25, -0.2) is 4.79 Å². The number of likely N-dealkylation sites (tertiary alicyclic amines) is 1. The molecule has 0 spiro atoms. The number of nitriles is 1. The van der Waals surface area contributed by atoms with E-state index in [9.17, 15) is 10.1 Å². The Labute approximate surface area is 215 Å². The van der Waals surface area contributed by atoms with Gasteiger partial charge in [0.15, 0.2) is 6.19 Å². The molecule has 1 aromatic rings. The number of piperidine rings is 1. The molecule has 1 aliphatic heterocycles. The van der Waals surface area contributed by atoms with E-state index >= 15 is 0 Å². The van der Waals surface area contributed by atoms with Gasteiger partial charge in [-0.1, -0.05) is 30.3 Å². The highest BCUT2D eigenvalue weighted by Gasteiger charge is 2.48. The molecule has 0 radical (unpaired) electrons. The van der Waals surface area contributed by atoms with Crippen molar-refractivity contribution in [1.29, 1.82) is 5.26 Å². The Balaban J connectivity index is 1.11. The smallest absolute Gasteiger partial charge is 0.410 e. The van der Waals surface area contributed by atoms with E-state index in [-0.39, 0.29) is 6.09 Å². The molecule has 5 fully saturated rings. The molecule has 1 N–H and O–H groups in total. The lowest BCUT2D eigenvalue weighted by atomic mass is 9.54. The summed E-state index contributed by atoms with van der Waals surface area (Å²) < 4.78 is 11.9. The monoisotopic (exact) mass is 492 g/mol.